The minimum atomic E-state index is -4.84. The fourth-order valence-electron chi connectivity index (χ4n) is 3.78. The van der Waals surface area contributed by atoms with Gasteiger partial charge in [-0.05, 0) is 25.7 Å². The average Bonchev–Trinajstić information content (AvgIpc) is 3.07. The van der Waals surface area contributed by atoms with E-state index in [0.29, 0.717) is 18.4 Å². The predicted molar refractivity (Wildman–Crippen MR) is 118 cm³/mol. The van der Waals surface area contributed by atoms with Crippen molar-refractivity contribution in [1.29, 1.82) is 0 Å². The van der Waals surface area contributed by atoms with E-state index in [0.717, 1.165) is 25.7 Å². The third-order valence-corrected chi connectivity index (χ3v) is 5.45. The zero-order valence-corrected chi connectivity index (χ0v) is 19.6. The first kappa shape index (κ1) is 26.0. The summed E-state index contributed by atoms with van der Waals surface area (Å²) in [6.07, 6.45) is 2.76. The summed E-state index contributed by atoms with van der Waals surface area (Å²) in [7, 11) is 1.43. The van der Waals surface area contributed by atoms with Gasteiger partial charge in [-0.25, -0.2) is 4.98 Å². The molecule has 0 aliphatic heterocycles. The minimum absolute atomic E-state index is 0. The Bertz CT molecular complexity index is 652. The lowest BCUT2D eigenvalue weighted by atomic mass is 9.84. The number of halogens is 4. The summed E-state index contributed by atoms with van der Waals surface area (Å²) in [6, 6.07) is 0.271. The molecule has 0 radical (unpaired) electrons. The van der Waals surface area contributed by atoms with Crippen LogP contribution in [0.25, 0.3) is 0 Å². The van der Waals surface area contributed by atoms with E-state index in [1.807, 2.05) is 6.92 Å². The molecule has 0 bridgehead atoms. The number of imidazole rings is 1. The third kappa shape index (κ3) is 6.73. The largest absolute Gasteiger partial charge is 0.424 e. The molecule has 0 aromatic carbocycles. The van der Waals surface area contributed by atoms with E-state index in [2.05, 4.69) is 27.5 Å². The molecular weight excluding hydrogens is 498 g/mol. The normalized spacial score (nSPS) is 22.5. The third-order valence-electron chi connectivity index (χ3n) is 5.45. The molecule has 0 spiro atoms. The van der Waals surface area contributed by atoms with E-state index in [9.17, 15) is 18.3 Å². The molecule has 168 valence electrons. The summed E-state index contributed by atoms with van der Waals surface area (Å²) in [4.78, 5) is 8.01. The highest BCUT2D eigenvalue weighted by Crippen LogP contribution is 2.40. The van der Waals surface area contributed by atoms with Crippen LogP contribution in [0.4, 0.5) is 13.2 Å². The topological polar surface area (TPSA) is 74.5 Å². The Morgan fingerprint density at radius 3 is 2.62 bits per heavy atom. The SMILES string of the molecule is CCNC(=NCCC(O)(c1nccn1C)C(F)(F)F)NC1CCCC(CC)C1.I. The molecule has 1 fully saturated rings. The summed E-state index contributed by atoms with van der Waals surface area (Å²) in [5.41, 5.74) is -3.04. The molecule has 3 N–H and O–H groups in total. The Morgan fingerprint density at radius 2 is 2.07 bits per heavy atom. The molecule has 2 rings (SSSR count). The molecule has 3 unspecified atom stereocenters. The number of hydrogen-bond acceptors (Lipinski definition) is 3. The lowest BCUT2D eigenvalue weighted by molar-refractivity contribution is -0.272. The number of nitrogens with one attached hydrogen (secondary N) is 2. The van der Waals surface area contributed by atoms with Gasteiger partial charge in [0.15, 0.2) is 5.96 Å². The van der Waals surface area contributed by atoms with Gasteiger partial charge in [0, 0.05) is 45.0 Å². The Morgan fingerprint density at radius 1 is 1.34 bits per heavy atom. The van der Waals surface area contributed by atoms with Crippen molar-refractivity contribution in [3.05, 3.63) is 18.2 Å². The van der Waals surface area contributed by atoms with E-state index < -0.39 is 24.0 Å². The number of alkyl halides is 3. The first-order chi connectivity index (χ1) is 13.2. The number of aliphatic hydroxyl groups is 1. The van der Waals surface area contributed by atoms with Gasteiger partial charge in [-0.1, -0.05) is 26.2 Å². The average molecular weight is 531 g/mol. The Kier molecular flexibility index (Phi) is 10.2. The van der Waals surface area contributed by atoms with Crippen LogP contribution in [0, 0.1) is 5.92 Å². The summed E-state index contributed by atoms with van der Waals surface area (Å²) in [5, 5.41) is 16.8. The maximum absolute atomic E-state index is 13.6. The monoisotopic (exact) mass is 531 g/mol. The van der Waals surface area contributed by atoms with Gasteiger partial charge in [0.05, 0.1) is 0 Å². The maximum atomic E-state index is 13.6. The van der Waals surface area contributed by atoms with Crippen LogP contribution < -0.4 is 10.6 Å². The van der Waals surface area contributed by atoms with Gasteiger partial charge in [-0.3, -0.25) is 4.99 Å². The van der Waals surface area contributed by atoms with Crippen molar-refractivity contribution in [3.8, 4) is 0 Å². The molecule has 1 aliphatic rings. The second kappa shape index (κ2) is 11.4. The highest BCUT2D eigenvalue weighted by Gasteiger charge is 2.57. The summed E-state index contributed by atoms with van der Waals surface area (Å²) in [5.74, 6) is 0.743. The molecule has 29 heavy (non-hydrogen) atoms. The second-order valence-corrected chi connectivity index (χ2v) is 7.51. The Balaban J connectivity index is 0.00000420. The lowest BCUT2D eigenvalue weighted by Crippen LogP contribution is -2.46. The number of aliphatic imine (C=N–C) groups is 1. The molecule has 1 heterocycles. The molecule has 10 heteroatoms. The fraction of sp³-hybridized carbons (Fsp3) is 0.789. The minimum Gasteiger partial charge on any atom is -0.374 e. The molecule has 0 saturated heterocycles. The van der Waals surface area contributed by atoms with Crippen LogP contribution in [0.2, 0.25) is 0 Å². The lowest BCUT2D eigenvalue weighted by Gasteiger charge is -2.31. The second-order valence-electron chi connectivity index (χ2n) is 7.51. The zero-order valence-electron chi connectivity index (χ0n) is 17.3. The van der Waals surface area contributed by atoms with Gasteiger partial charge in [0.2, 0.25) is 5.60 Å². The summed E-state index contributed by atoms with van der Waals surface area (Å²) < 4.78 is 42.0. The van der Waals surface area contributed by atoms with Gasteiger partial charge >= 0.3 is 6.18 Å². The van der Waals surface area contributed by atoms with E-state index in [4.69, 9.17) is 0 Å². The fourth-order valence-corrected chi connectivity index (χ4v) is 3.78. The number of guanidine groups is 1. The van der Waals surface area contributed by atoms with Gasteiger partial charge < -0.3 is 20.3 Å². The first-order valence-electron chi connectivity index (χ1n) is 10.0. The van der Waals surface area contributed by atoms with Crippen LogP contribution in [-0.2, 0) is 12.6 Å². The first-order valence-corrected chi connectivity index (χ1v) is 10.0. The van der Waals surface area contributed by atoms with Crippen LogP contribution in [-0.4, -0.2) is 45.9 Å². The number of rotatable bonds is 7. The van der Waals surface area contributed by atoms with Crippen LogP contribution in [0.3, 0.4) is 0 Å². The maximum Gasteiger partial charge on any atom is 0.424 e. The predicted octanol–water partition coefficient (Wildman–Crippen LogP) is 3.70. The summed E-state index contributed by atoms with van der Waals surface area (Å²) in [6.45, 7) is 4.52. The highest BCUT2D eigenvalue weighted by atomic mass is 127. The van der Waals surface area contributed by atoms with Crippen molar-refractivity contribution in [2.45, 2.75) is 70.2 Å². The van der Waals surface area contributed by atoms with E-state index in [1.165, 1.54) is 30.4 Å². The quantitative estimate of drug-likeness (QED) is 0.285. The van der Waals surface area contributed by atoms with Crippen molar-refractivity contribution < 1.29 is 18.3 Å². The number of aryl methyl sites for hydroxylation is 1. The van der Waals surface area contributed by atoms with Crippen molar-refractivity contribution in [1.82, 2.24) is 20.2 Å². The molecule has 1 aromatic heterocycles. The van der Waals surface area contributed by atoms with Crippen molar-refractivity contribution in [2.75, 3.05) is 13.1 Å². The zero-order chi connectivity index (χ0) is 20.8. The molecule has 6 nitrogen and oxygen atoms in total. The number of nitrogens with zero attached hydrogens (tertiary/aromatic N) is 3. The van der Waals surface area contributed by atoms with E-state index >= 15 is 0 Å². The number of aromatic nitrogens is 2. The van der Waals surface area contributed by atoms with Crippen molar-refractivity contribution in [3.63, 3.8) is 0 Å². The molecule has 3 atom stereocenters. The van der Waals surface area contributed by atoms with E-state index in [1.54, 1.807) is 0 Å². The van der Waals surface area contributed by atoms with Crippen molar-refractivity contribution >= 4 is 29.9 Å². The van der Waals surface area contributed by atoms with Gasteiger partial charge in [-0.15, -0.1) is 24.0 Å². The molecule has 0 amide bonds. The smallest absolute Gasteiger partial charge is 0.374 e. The molecule has 1 aromatic rings. The summed E-state index contributed by atoms with van der Waals surface area (Å²) >= 11 is 0. The molecule has 1 saturated carbocycles. The van der Waals surface area contributed by atoms with Crippen LogP contribution in [0.5, 0.6) is 0 Å². The van der Waals surface area contributed by atoms with E-state index in [-0.39, 0.29) is 36.6 Å². The van der Waals surface area contributed by atoms with Crippen molar-refractivity contribution in [2.24, 2.45) is 18.0 Å². The Hall–Kier alpha value is -1.04. The Labute approximate surface area is 187 Å². The number of hydrogen-bond donors (Lipinski definition) is 3. The van der Waals surface area contributed by atoms with Crippen LogP contribution >= 0.6 is 24.0 Å². The molecule has 1 aliphatic carbocycles. The standard InChI is InChI=1S/C19H32F3N5O.HI/c1-4-14-7-6-8-15(13-14)26-17(23-5-2)25-10-9-18(28,19(20,21)22)16-24-11-12-27(16)3;/h11-12,14-15,28H,4-10,13H2,1-3H3,(H2,23,25,26);1H. The molecular formula is C19H33F3IN5O. The van der Waals surface area contributed by atoms with Gasteiger partial charge in [0.25, 0.3) is 0 Å². The van der Waals surface area contributed by atoms with Gasteiger partial charge in [0.1, 0.15) is 5.82 Å². The van der Waals surface area contributed by atoms with Gasteiger partial charge in [-0.2, -0.15) is 13.2 Å². The van der Waals surface area contributed by atoms with Crippen LogP contribution in [0.15, 0.2) is 17.4 Å². The van der Waals surface area contributed by atoms with Crippen LogP contribution in [0.1, 0.15) is 58.2 Å². The highest BCUT2D eigenvalue weighted by molar-refractivity contribution is 14.0.